The summed E-state index contributed by atoms with van der Waals surface area (Å²) in [6.45, 7) is 3.51. The highest BCUT2D eigenvalue weighted by atomic mass is 35.5. The molecule has 1 aromatic rings. The summed E-state index contributed by atoms with van der Waals surface area (Å²) >= 11 is 12.1. The fourth-order valence-corrected chi connectivity index (χ4v) is 3.11. The SMILES string of the molecule is Cl.NCCNC(=O)C1CCCN(Cc2ccc(Cl)cc2Cl)C1. The lowest BCUT2D eigenvalue weighted by Gasteiger charge is -2.32. The van der Waals surface area contributed by atoms with Gasteiger partial charge in [-0.25, -0.2) is 0 Å². The van der Waals surface area contributed by atoms with Crippen LogP contribution in [0.2, 0.25) is 10.0 Å². The van der Waals surface area contributed by atoms with Gasteiger partial charge in [0.05, 0.1) is 5.92 Å². The Labute approximate surface area is 147 Å². The number of nitrogens with one attached hydrogen (secondary N) is 1. The number of halogens is 3. The number of hydrogen-bond donors (Lipinski definition) is 2. The van der Waals surface area contributed by atoms with Crippen LogP contribution in [0.1, 0.15) is 18.4 Å². The van der Waals surface area contributed by atoms with Gasteiger partial charge in [-0.2, -0.15) is 0 Å². The number of nitrogens with zero attached hydrogens (tertiary/aromatic N) is 1. The standard InChI is InChI=1S/C15H21Cl2N3O.ClH/c16-13-4-3-11(14(17)8-13)9-20-7-1-2-12(10-20)15(21)19-6-5-18;/h3-4,8,12H,1-2,5-7,9-10,18H2,(H,19,21);1H. The Morgan fingerprint density at radius 2 is 2.18 bits per heavy atom. The lowest BCUT2D eigenvalue weighted by Crippen LogP contribution is -2.43. The average molecular weight is 367 g/mol. The molecule has 0 radical (unpaired) electrons. The Kier molecular flexibility index (Phi) is 8.50. The normalized spacial score (nSPS) is 18.6. The first-order valence-electron chi connectivity index (χ1n) is 7.24. The third kappa shape index (κ3) is 5.60. The molecular weight excluding hydrogens is 345 g/mol. The molecule has 3 N–H and O–H groups in total. The highest BCUT2D eigenvalue weighted by Crippen LogP contribution is 2.24. The summed E-state index contributed by atoms with van der Waals surface area (Å²) in [4.78, 5) is 14.3. The van der Waals surface area contributed by atoms with Gasteiger partial charge in [-0.1, -0.05) is 29.3 Å². The van der Waals surface area contributed by atoms with Gasteiger partial charge in [0, 0.05) is 36.2 Å². The van der Waals surface area contributed by atoms with Crippen LogP contribution in [0, 0.1) is 5.92 Å². The molecule has 0 aromatic heterocycles. The van der Waals surface area contributed by atoms with Gasteiger partial charge in [0.2, 0.25) is 5.91 Å². The molecule has 1 amide bonds. The number of piperidine rings is 1. The zero-order valence-corrected chi connectivity index (χ0v) is 14.7. The number of amides is 1. The van der Waals surface area contributed by atoms with Crippen LogP contribution in [0.15, 0.2) is 18.2 Å². The molecule has 1 saturated heterocycles. The second kappa shape index (κ2) is 9.58. The quantitative estimate of drug-likeness (QED) is 0.842. The number of rotatable bonds is 5. The summed E-state index contributed by atoms with van der Waals surface area (Å²) in [5, 5.41) is 4.19. The van der Waals surface area contributed by atoms with Gasteiger partial charge >= 0.3 is 0 Å². The monoisotopic (exact) mass is 365 g/mol. The molecule has 1 aliphatic heterocycles. The number of benzene rings is 1. The molecule has 1 unspecified atom stereocenters. The minimum Gasteiger partial charge on any atom is -0.355 e. The van der Waals surface area contributed by atoms with E-state index in [4.69, 9.17) is 28.9 Å². The van der Waals surface area contributed by atoms with Gasteiger partial charge in [-0.15, -0.1) is 12.4 Å². The largest absolute Gasteiger partial charge is 0.355 e. The van der Waals surface area contributed by atoms with Crippen LogP contribution in [-0.4, -0.2) is 37.0 Å². The molecule has 1 heterocycles. The first kappa shape index (κ1) is 19.5. The highest BCUT2D eigenvalue weighted by Gasteiger charge is 2.25. The summed E-state index contributed by atoms with van der Waals surface area (Å²) in [7, 11) is 0. The van der Waals surface area contributed by atoms with E-state index in [2.05, 4.69) is 10.2 Å². The Morgan fingerprint density at radius 3 is 2.86 bits per heavy atom. The van der Waals surface area contributed by atoms with Crippen molar-refractivity contribution in [3.05, 3.63) is 33.8 Å². The molecule has 1 aliphatic rings. The van der Waals surface area contributed by atoms with Crippen LogP contribution in [0.25, 0.3) is 0 Å². The van der Waals surface area contributed by atoms with Crippen molar-refractivity contribution in [1.29, 1.82) is 0 Å². The first-order chi connectivity index (χ1) is 10.1. The molecule has 0 saturated carbocycles. The number of hydrogen-bond acceptors (Lipinski definition) is 3. The van der Waals surface area contributed by atoms with Crippen molar-refractivity contribution >= 4 is 41.5 Å². The van der Waals surface area contributed by atoms with Crippen LogP contribution < -0.4 is 11.1 Å². The van der Waals surface area contributed by atoms with E-state index < -0.39 is 0 Å². The lowest BCUT2D eigenvalue weighted by molar-refractivity contribution is -0.126. The lowest BCUT2D eigenvalue weighted by atomic mass is 9.96. The summed E-state index contributed by atoms with van der Waals surface area (Å²) < 4.78 is 0. The van der Waals surface area contributed by atoms with Crippen LogP contribution in [-0.2, 0) is 11.3 Å². The van der Waals surface area contributed by atoms with Crippen molar-refractivity contribution in [3.63, 3.8) is 0 Å². The van der Waals surface area contributed by atoms with E-state index in [1.54, 1.807) is 6.07 Å². The summed E-state index contributed by atoms with van der Waals surface area (Å²) in [6.07, 6.45) is 1.95. The van der Waals surface area contributed by atoms with Gasteiger partial charge in [-0.05, 0) is 37.1 Å². The molecule has 22 heavy (non-hydrogen) atoms. The summed E-state index contributed by atoms with van der Waals surface area (Å²) in [5.41, 5.74) is 6.46. The van der Waals surface area contributed by atoms with Crippen LogP contribution in [0.3, 0.4) is 0 Å². The third-order valence-electron chi connectivity index (χ3n) is 3.73. The Balaban J connectivity index is 0.00000242. The van der Waals surface area contributed by atoms with Gasteiger partial charge in [-0.3, -0.25) is 9.69 Å². The molecule has 2 rings (SSSR count). The van der Waals surface area contributed by atoms with E-state index in [-0.39, 0.29) is 24.2 Å². The molecule has 0 aliphatic carbocycles. The first-order valence-corrected chi connectivity index (χ1v) is 8.00. The predicted octanol–water partition coefficient (Wildman–Crippen LogP) is 2.70. The topological polar surface area (TPSA) is 58.4 Å². The van der Waals surface area contributed by atoms with Crippen LogP contribution >= 0.6 is 35.6 Å². The van der Waals surface area contributed by atoms with Crippen molar-refractivity contribution in [1.82, 2.24) is 10.2 Å². The maximum atomic E-state index is 12.0. The summed E-state index contributed by atoms with van der Waals surface area (Å²) in [5.74, 6) is 0.142. The number of carbonyl (C=O) groups is 1. The smallest absolute Gasteiger partial charge is 0.224 e. The Bertz CT molecular complexity index is 499. The fraction of sp³-hybridized carbons (Fsp3) is 0.533. The maximum Gasteiger partial charge on any atom is 0.224 e. The van der Waals surface area contributed by atoms with Crippen molar-refractivity contribution in [2.45, 2.75) is 19.4 Å². The summed E-state index contributed by atoms with van der Waals surface area (Å²) in [6, 6.07) is 5.55. The van der Waals surface area contributed by atoms with Gasteiger partial charge in [0.1, 0.15) is 0 Å². The maximum absolute atomic E-state index is 12.0. The van der Waals surface area contributed by atoms with Crippen LogP contribution in [0.5, 0.6) is 0 Å². The minimum absolute atomic E-state index is 0. The van der Waals surface area contributed by atoms with Gasteiger partial charge < -0.3 is 11.1 Å². The molecule has 0 bridgehead atoms. The fourth-order valence-electron chi connectivity index (χ4n) is 2.64. The van der Waals surface area contributed by atoms with E-state index in [1.165, 1.54) is 0 Å². The van der Waals surface area contributed by atoms with E-state index in [0.717, 1.165) is 38.0 Å². The third-order valence-corrected chi connectivity index (χ3v) is 4.32. The Hall–Kier alpha value is -0.520. The number of carbonyl (C=O) groups excluding carboxylic acids is 1. The second-order valence-electron chi connectivity index (χ2n) is 5.39. The molecule has 1 fully saturated rings. The van der Waals surface area contributed by atoms with Crippen molar-refractivity contribution in [2.75, 3.05) is 26.2 Å². The molecule has 1 atom stereocenters. The van der Waals surface area contributed by atoms with E-state index in [0.29, 0.717) is 23.1 Å². The second-order valence-corrected chi connectivity index (χ2v) is 6.23. The molecule has 4 nitrogen and oxygen atoms in total. The number of likely N-dealkylation sites (tertiary alicyclic amines) is 1. The van der Waals surface area contributed by atoms with E-state index in [9.17, 15) is 4.79 Å². The van der Waals surface area contributed by atoms with Crippen LogP contribution in [0.4, 0.5) is 0 Å². The highest BCUT2D eigenvalue weighted by molar-refractivity contribution is 6.35. The molecule has 7 heteroatoms. The van der Waals surface area contributed by atoms with E-state index >= 15 is 0 Å². The van der Waals surface area contributed by atoms with Crippen molar-refractivity contribution in [3.8, 4) is 0 Å². The zero-order valence-electron chi connectivity index (χ0n) is 12.4. The van der Waals surface area contributed by atoms with E-state index in [1.807, 2.05) is 12.1 Å². The van der Waals surface area contributed by atoms with Gasteiger partial charge in [0.25, 0.3) is 0 Å². The van der Waals surface area contributed by atoms with Crippen molar-refractivity contribution < 1.29 is 4.79 Å². The predicted molar refractivity (Wildman–Crippen MR) is 93.8 cm³/mol. The number of nitrogens with two attached hydrogens (primary N) is 1. The van der Waals surface area contributed by atoms with Gasteiger partial charge in [0.15, 0.2) is 0 Å². The average Bonchev–Trinajstić information content (AvgIpc) is 2.48. The minimum atomic E-state index is 0. The Morgan fingerprint density at radius 1 is 1.41 bits per heavy atom. The zero-order chi connectivity index (χ0) is 15.2. The van der Waals surface area contributed by atoms with Crippen molar-refractivity contribution in [2.24, 2.45) is 11.7 Å². The molecule has 0 spiro atoms. The molecule has 1 aromatic carbocycles. The molecule has 124 valence electrons. The molecular formula is C15H22Cl3N3O.